The molecule has 6 rings (SSSR count). The van der Waals surface area contributed by atoms with Crippen molar-refractivity contribution in [1.29, 1.82) is 0 Å². The summed E-state index contributed by atoms with van der Waals surface area (Å²) in [6.07, 6.45) is 7.61. The average molecular weight is 435 g/mol. The Labute approximate surface area is 190 Å². The molecule has 1 aliphatic carbocycles. The molecule has 3 aromatic heterocycles. The third-order valence-corrected chi connectivity index (χ3v) is 5.86. The van der Waals surface area contributed by atoms with Crippen molar-refractivity contribution in [1.82, 2.24) is 25.3 Å². The minimum Gasteiger partial charge on any atom is -0.332 e. The average Bonchev–Trinajstić information content (AvgIpc) is 3.59. The number of hydrogen-bond acceptors (Lipinski definition) is 7. The lowest BCUT2D eigenvalue weighted by atomic mass is 10.0. The number of carbonyl (C=O) groups excluding carboxylic acids is 1. The molecule has 0 spiro atoms. The van der Waals surface area contributed by atoms with E-state index in [4.69, 9.17) is 0 Å². The van der Waals surface area contributed by atoms with E-state index < -0.39 is 0 Å². The van der Waals surface area contributed by atoms with Crippen molar-refractivity contribution < 1.29 is 4.79 Å². The van der Waals surface area contributed by atoms with Crippen LogP contribution in [-0.4, -0.2) is 38.1 Å². The number of amides is 1. The molecule has 8 nitrogen and oxygen atoms in total. The van der Waals surface area contributed by atoms with E-state index in [1.165, 1.54) is 12.8 Å². The number of rotatable bonds is 5. The standard InChI is InChI=1S/C25H21N7O/c33-25(30-23-8-2-6-21(29-23)24-31-28-15-32(24)19-9-10-19)17-5-1-4-16(12-17)18-13-22-20(27-14-18)7-3-11-26-22/h1-8,11-15,19,24,31H,9-10H2,(H,29,30,33). The van der Waals surface area contributed by atoms with Gasteiger partial charge in [0.05, 0.1) is 16.7 Å². The lowest BCUT2D eigenvalue weighted by Gasteiger charge is -2.23. The fourth-order valence-electron chi connectivity index (χ4n) is 4.01. The van der Waals surface area contributed by atoms with Crippen molar-refractivity contribution in [3.8, 4) is 11.1 Å². The summed E-state index contributed by atoms with van der Waals surface area (Å²) in [5.74, 6) is 0.284. The molecule has 1 atom stereocenters. The maximum Gasteiger partial charge on any atom is 0.256 e. The highest BCUT2D eigenvalue weighted by Crippen LogP contribution is 2.33. The molecule has 0 bridgehead atoms. The van der Waals surface area contributed by atoms with Crippen LogP contribution < -0.4 is 10.7 Å². The van der Waals surface area contributed by atoms with Gasteiger partial charge in [0.1, 0.15) is 12.2 Å². The number of aromatic nitrogens is 3. The number of carbonyl (C=O) groups is 1. The normalized spacial score (nSPS) is 17.2. The van der Waals surface area contributed by atoms with Gasteiger partial charge in [-0.3, -0.25) is 20.2 Å². The highest BCUT2D eigenvalue weighted by molar-refractivity contribution is 6.04. The first-order valence-electron chi connectivity index (χ1n) is 10.9. The monoisotopic (exact) mass is 435 g/mol. The van der Waals surface area contributed by atoms with E-state index in [1.807, 2.05) is 54.9 Å². The predicted molar refractivity (Wildman–Crippen MR) is 126 cm³/mol. The second-order valence-corrected chi connectivity index (χ2v) is 8.20. The van der Waals surface area contributed by atoms with Crippen LogP contribution in [0, 0.1) is 0 Å². The Balaban J connectivity index is 1.22. The molecule has 1 unspecified atom stereocenters. The Morgan fingerprint density at radius 1 is 0.970 bits per heavy atom. The van der Waals surface area contributed by atoms with Crippen molar-refractivity contribution in [3.05, 3.63) is 84.3 Å². The van der Waals surface area contributed by atoms with Gasteiger partial charge in [0, 0.05) is 29.6 Å². The van der Waals surface area contributed by atoms with Crippen LogP contribution in [0.4, 0.5) is 5.82 Å². The molecule has 0 saturated heterocycles. The molecule has 162 valence electrons. The maximum absolute atomic E-state index is 13.0. The number of fused-ring (bicyclic) bond motifs is 1. The second kappa shape index (κ2) is 7.98. The topological polar surface area (TPSA) is 95.4 Å². The van der Waals surface area contributed by atoms with E-state index in [2.05, 4.69) is 35.7 Å². The van der Waals surface area contributed by atoms with Gasteiger partial charge in [-0.05, 0) is 60.9 Å². The van der Waals surface area contributed by atoms with Crippen LogP contribution in [0.3, 0.4) is 0 Å². The van der Waals surface area contributed by atoms with Crippen LogP contribution in [0.25, 0.3) is 22.2 Å². The summed E-state index contributed by atoms with van der Waals surface area (Å²) in [5.41, 5.74) is 7.93. The largest absolute Gasteiger partial charge is 0.332 e. The zero-order valence-electron chi connectivity index (χ0n) is 17.7. The first kappa shape index (κ1) is 19.4. The molecule has 8 heteroatoms. The van der Waals surface area contributed by atoms with Crippen LogP contribution in [0.2, 0.25) is 0 Å². The smallest absolute Gasteiger partial charge is 0.256 e. The SMILES string of the molecule is O=C(Nc1cccc(C2NN=CN2C2CC2)n1)c1cccc(-c2cnc3cccnc3c2)c1. The number of hydrazone groups is 1. The molecule has 2 aliphatic rings. The van der Waals surface area contributed by atoms with Crippen molar-refractivity contribution in [2.45, 2.75) is 25.0 Å². The zero-order valence-corrected chi connectivity index (χ0v) is 17.7. The number of nitrogens with one attached hydrogen (secondary N) is 2. The lowest BCUT2D eigenvalue weighted by Crippen LogP contribution is -2.31. The van der Waals surface area contributed by atoms with Crippen molar-refractivity contribution >= 4 is 29.1 Å². The fraction of sp³-hybridized carbons (Fsp3) is 0.160. The van der Waals surface area contributed by atoms with Gasteiger partial charge in [-0.15, -0.1) is 0 Å². The van der Waals surface area contributed by atoms with Gasteiger partial charge in [-0.1, -0.05) is 18.2 Å². The quantitative estimate of drug-likeness (QED) is 0.493. The van der Waals surface area contributed by atoms with Gasteiger partial charge in [0.2, 0.25) is 0 Å². The van der Waals surface area contributed by atoms with Gasteiger partial charge in [-0.25, -0.2) is 4.98 Å². The minimum absolute atomic E-state index is 0.105. The number of benzene rings is 1. The summed E-state index contributed by atoms with van der Waals surface area (Å²) in [6, 6.07) is 19.4. The Morgan fingerprint density at radius 3 is 2.79 bits per heavy atom. The summed E-state index contributed by atoms with van der Waals surface area (Å²) < 4.78 is 0. The lowest BCUT2D eigenvalue weighted by molar-refractivity contribution is 0.102. The summed E-state index contributed by atoms with van der Waals surface area (Å²) in [4.78, 5) is 28.7. The fourth-order valence-corrected chi connectivity index (χ4v) is 4.01. The summed E-state index contributed by atoms with van der Waals surface area (Å²) in [5, 5.41) is 7.12. The Bertz CT molecular complexity index is 1380. The molecule has 4 heterocycles. The van der Waals surface area contributed by atoms with Crippen molar-refractivity contribution in [2.75, 3.05) is 5.32 Å². The van der Waals surface area contributed by atoms with Gasteiger partial charge in [0.25, 0.3) is 5.91 Å². The third-order valence-electron chi connectivity index (χ3n) is 5.86. The highest BCUT2D eigenvalue weighted by atomic mass is 16.1. The molecule has 1 aliphatic heterocycles. The number of anilines is 1. The van der Waals surface area contributed by atoms with Gasteiger partial charge in [0.15, 0.2) is 6.17 Å². The third kappa shape index (κ3) is 3.87. The first-order chi connectivity index (χ1) is 16.2. The van der Waals surface area contributed by atoms with Gasteiger partial charge < -0.3 is 10.2 Å². The van der Waals surface area contributed by atoms with Gasteiger partial charge in [-0.2, -0.15) is 5.10 Å². The summed E-state index contributed by atoms with van der Waals surface area (Å²) in [6.45, 7) is 0. The first-order valence-corrected chi connectivity index (χ1v) is 10.9. The molecule has 0 radical (unpaired) electrons. The van der Waals surface area contributed by atoms with Crippen LogP contribution in [0.1, 0.15) is 35.1 Å². The molecule has 33 heavy (non-hydrogen) atoms. The molecular formula is C25H21N7O. The molecule has 2 N–H and O–H groups in total. The van der Waals surface area contributed by atoms with Crippen molar-refractivity contribution in [3.63, 3.8) is 0 Å². The highest BCUT2D eigenvalue weighted by Gasteiger charge is 2.36. The van der Waals surface area contributed by atoms with Crippen LogP contribution in [-0.2, 0) is 0 Å². The Hall–Kier alpha value is -4.33. The molecule has 1 aromatic carbocycles. The second-order valence-electron chi connectivity index (χ2n) is 8.20. The molecule has 1 amide bonds. The van der Waals surface area contributed by atoms with E-state index in [1.54, 1.807) is 24.5 Å². The van der Waals surface area contributed by atoms with E-state index in [0.717, 1.165) is 27.9 Å². The Morgan fingerprint density at radius 2 is 1.88 bits per heavy atom. The van der Waals surface area contributed by atoms with E-state index in [-0.39, 0.29) is 12.1 Å². The van der Waals surface area contributed by atoms with E-state index >= 15 is 0 Å². The van der Waals surface area contributed by atoms with Crippen LogP contribution >= 0.6 is 0 Å². The van der Waals surface area contributed by atoms with Crippen LogP contribution in [0.5, 0.6) is 0 Å². The summed E-state index contributed by atoms with van der Waals surface area (Å²) in [7, 11) is 0. The maximum atomic E-state index is 13.0. The molecular weight excluding hydrogens is 414 g/mol. The van der Waals surface area contributed by atoms with Crippen molar-refractivity contribution in [2.24, 2.45) is 5.10 Å². The minimum atomic E-state index is -0.219. The van der Waals surface area contributed by atoms with E-state index in [0.29, 0.717) is 17.4 Å². The molecule has 1 saturated carbocycles. The van der Waals surface area contributed by atoms with Crippen LogP contribution in [0.15, 0.2) is 78.2 Å². The molecule has 1 fully saturated rings. The van der Waals surface area contributed by atoms with Gasteiger partial charge >= 0.3 is 0 Å². The molecule has 4 aromatic rings. The van der Waals surface area contributed by atoms with E-state index in [9.17, 15) is 4.79 Å². The number of nitrogens with zero attached hydrogens (tertiary/aromatic N) is 5. The number of hydrogen-bond donors (Lipinski definition) is 2. The predicted octanol–water partition coefficient (Wildman–Crippen LogP) is 3.95. The Kier molecular flexibility index (Phi) is 4.68. The zero-order chi connectivity index (χ0) is 22.2. The number of pyridine rings is 3. The summed E-state index contributed by atoms with van der Waals surface area (Å²) >= 11 is 0.